The lowest BCUT2D eigenvalue weighted by Crippen LogP contribution is -2.18. The van der Waals surface area contributed by atoms with Crippen LogP contribution < -0.4 is 5.32 Å². The van der Waals surface area contributed by atoms with Crippen molar-refractivity contribution < 1.29 is 14.3 Å². The number of amides is 1. The van der Waals surface area contributed by atoms with Crippen molar-refractivity contribution >= 4 is 29.3 Å². The average Bonchev–Trinajstić information content (AvgIpc) is 3.36. The predicted molar refractivity (Wildman–Crippen MR) is 106 cm³/mol. The monoisotopic (exact) mass is 399 g/mol. The van der Waals surface area contributed by atoms with Gasteiger partial charge in [-0.25, -0.2) is 9.47 Å². The number of aromatic nitrogens is 4. The summed E-state index contributed by atoms with van der Waals surface area (Å²) in [5.41, 5.74) is 0.725. The van der Waals surface area contributed by atoms with E-state index >= 15 is 0 Å². The summed E-state index contributed by atoms with van der Waals surface area (Å²) < 4.78 is 8.53. The zero-order chi connectivity index (χ0) is 19.9. The summed E-state index contributed by atoms with van der Waals surface area (Å²) in [4.78, 5) is 24.3. The maximum atomic E-state index is 12.4. The number of esters is 1. The quantitative estimate of drug-likeness (QED) is 0.463. The Morgan fingerprint density at radius 3 is 2.61 bits per heavy atom. The van der Waals surface area contributed by atoms with Gasteiger partial charge in [-0.1, -0.05) is 30.8 Å². The molecule has 0 aliphatic carbocycles. The fraction of sp³-hybridized carbons (Fsp3) is 0.263. The number of anilines is 1. The second-order valence-corrected chi connectivity index (χ2v) is 6.84. The van der Waals surface area contributed by atoms with Crippen LogP contribution >= 0.6 is 11.8 Å². The van der Waals surface area contributed by atoms with Gasteiger partial charge in [-0.15, -0.1) is 10.2 Å². The molecule has 0 fully saturated rings. The number of benzene rings is 1. The van der Waals surface area contributed by atoms with E-state index in [1.807, 2.05) is 33.9 Å². The smallest absolute Gasteiger partial charge is 0.339 e. The lowest BCUT2D eigenvalue weighted by molar-refractivity contribution is -0.113. The first-order chi connectivity index (χ1) is 13.6. The standard InChI is InChI=1S/C19H21N5O3S/c1-3-8-16-21-22-19(24(16)23-11-6-7-12-23)28-13-17(25)20-15-10-5-4-9-14(15)18(26)27-2/h4-7,9-12H,3,8,13H2,1-2H3,(H,20,25). The van der Waals surface area contributed by atoms with Crippen molar-refractivity contribution in [3.8, 4) is 0 Å². The number of hydrogen-bond donors (Lipinski definition) is 1. The zero-order valence-electron chi connectivity index (χ0n) is 15.7. The average molecular weight is 399 g/mol. The van der Waals surface area contributed by atoms with Crippen molar-refractivity contribution in [2.24, 2.45) is 0 Å². The Morgan fingerprint density at radius 2 is 1.89 bits per heavy atom. The molecular formula is C19H21N5O3S. The fourth-order valence-electron chi connectivity index (χ4n) is 2.65. The minimum atomic E-state index is -0.500. The van der Waals surface area contributed by atoms with E-state index in [2.05, 4.69) is 22.4 Å². The number of thioether (sulfide) groups is 1. The van der Waals surface area contributed by atoms with Crippen molar-refractivity contribution in [2.45, 2.75) is 24.9 Å². The summed E-state index contributed by atoms with van der Waals surface area (Å²) >= 11 is 1.28. The number of carbonyl (C=O) groups is 2. The number of para-hydroxylation sites is 1. The van der Waals surface area contributed by atoms with Gasteiger partial charge >= 0.3 is 5.97 Å². The summed E-state index contributed by atoms with van der Waals surface area (Å²) in [6, 6.07) is 10.6. The second kappa shape index (κ2) is 9.23. The van der Waals surface area contributed by atoms with Gasteiger partial charge < -0.3 is 10.1 Å². The molecule has 1 amide bonds. The molecule has 28 heavy (non-hydrogen) atoms. The molecule has 2 heterocycles. The van der Waals surface area contributed by atoms with Gasteiger partial charge in [0.25, 0.3) is 0 Å². The summed E-state index contributed by atoms with van der Waals surface area (Å²) in [6.07, 6.45) is 5.53. The second-order valence-electron chi connectivity index (χ2n) is 5.90. The fourth-order valence-corrected chi connectivity index (χ4v) is 3.41. The van der Waals surface area contributed by atoms with E-state index in [1.54, 1.807) is 24.3 Å². The van der Waals surface area contributed by atoms with Gasteiger partial charge in [0.05, 0.1) is 24.1 Å². The van der Waals surface area contributed by atoms with Gasteiger partial charge in [0.2, 0.25) is 11.1 Å². The number of nitrogens with zero attached hydrogens (tertiary/aromatic N) is 4. The molecule has 0 saturated carbocycles. The van der Waals surface area contributed by atoms with E-state index in [1.165, 1.54) is 18.9 Å². The van der Waals surface area contributed by atoms with Crippen LogP contribution in [0.5, 0.6) is 0 Å². The minimum Gasteiger partial charge on any atom is -0.465 e. The molecule has 146 valence electrons. The topological polar surface area (TPSA) is 91.0 Å². The molecule has 3 rings (SSSR count). The predicted octanol–water partition coefficient (Wildman–Crippen LogP) is 2.86. The third-order valence-electron chi connectivity index (χ3n) is 3.91. The zero-order valence-corrected chi connectivity index (χ0v) is 16.5. The van der Waals surface area contributed by atoms with Gasteiger partial charge in [0.1, 0.15) is 0 Å². The highest BCUT2D eigenvalue weighted by molar-refractivity contribution is 7.99. The van der Waals surface area contributed by atoms with Crippen LogP contribution in [0.3, 0.4) is 0 Å². The minimum absolute atomic E-state index is 0.126. The molecule has 0 unspecified atom stereocenters. The summed E-state index contributed by atoms with van der Waals surface area (Å²) in [6.45, 7) is 2.08. The van der Waals surface area contributed by atoms with Gasteiger partial charge in [-0.2, -0.15) is 0 Å². The van der Waals surface area contributed by atoms with E-state index in [4.69, 9.17) is 4.74 Å². The molecule has 0 saturated heterocycles. The van der Waals surface area contributed by atoms with Crippen LogP contribution in [0.25, 0.3) is 0 Å². The number of ether oxygens (including phenoxy) is 1. The number of hydrogen-bond acceptors (Lipinski definition) is 6. The molecule has 0 spiro atoms. The molecule has 0 bridgehead atoms. The Kier molecular flexibility index (Phi) is 6.49. The van der Waals surface area contributed by atoms with Crippen molar-refractivity contribution in [3.05, 3.63) is 60.2 Å². The van der Waals surface area contributed by atoms with Gasteiger partial charge in [-0.3, -0.25) is 9.47 Å². The first-order valence-electron chi connectivity index (χ1n) is 8.82. The molecule has 0 aliphatic heterocycles. The van der Waals surface area contributed by atoms with Crippen LogP contribution in [-0.4, -0.2) is 44.3 Å². The van der Waals surface area contributed by atoms with Crippen molar-refractivity contribution in [1.82, 2.24) is 19.5 Å². The molecule has 9 heteroatoms. The maximum Gasteiger partial charge on any atom is 0.339 e. The third-order valence-corrected chi connectivity index (χ3v) is 4.83. The highest BCUT2D eigenvalue weighted by Crippen LogP contribution is 2.20. The van der Waals surface area contributed by atoms with Crippen LogP contribution in [0.4, 0.5) is 5.69 Å². The molecule has 2 aromatic heterocycles. The Hall–Kier alpha value is -3.07. The maximum absolute atomic E-state index is 12.4. The van der Waals surface area contributed by atoms with Crippen LogP contribution in [-0.2, 0) is 16.0 Å². The van der Waals surface area contributed by atoms with Crippen LogP contribution in [0.15, 0.2) is 53.9 Å². The first kappa shape index (κ1) is 19.7. The first-order valence-corrected chi connectivity index (χ1v) is 9.80. The lowest BCUT2D eigenvalue weighted by Gasteiger charge is -2.11. The van der Waals surface area contributed by atoms with Crippen LogP contribution in [0, 0.1) is 0 Å². The highest BCUT2D eigenvalue weighted by Gasteiger charge is 2.17. The number of aryl methyl sites for hydroxylation is 1. The normalized spacial score (nSPS) is 10.6. The van der Waals surface area contributed by atoms with Crippen LogP contribution in [0.1, 0.15) is 29.5 Å². The summed E-state index contributed by atoms with van der Waals surface area (Å²) in [5, 5.41) is 11.9. The van der Waals surface area contributed by atoms with E-state index < -0.39 is 5.97 Å². The van der Waals surface area contributed by atoms with Gasteiger partial charge in [0, 0.05) is 18.8 Å². The molecule has 0 atom stereocenters. The molecule has 0 radical (unpaired) electrons. The van der Waals surface area contributed by atoms with Gasteiger partial charge in [0.15, 0.2) is 5.82 Å². The Bertz CT molecular complexity index is 952. The molecular weight excluding hydrogens is 378 g/mol. The van der Waals surface area contributed by atoms with E-state index in [-0.39, 0.29) is 11.7 Å². The van der Waals surface area contributed by atoms with Gasteiger partial charge in [-0.05, 0) is 30.7 Å². The number of nitrogens with one attached hydrogen (secondary N) is 1. The molecule has 1 aromatic carbocycles. The van der Waals surface area contributed by atoms with Crippen molar-refractivity contribution in [3.63, 3.8) is 0 Å². The highest BCUT2D eigenvalue weighted by atomic mass is 32.2. The van der Waals surface area contributed by atoms with Crippen LogP contribution in [0.2, 0.25) is 0 Å². The summed E-state index contributed by atoms with van der Waals surface area (Å²) in [5.74, 6) is 0.208. The van der Waals surface area contributed by atoms with Crippen molar-refractivity contribution in [2.75, 3.05) is 18.2 Å². The SMILES string of the molecule is CCCc1nnc(SCC(=O)Nc2ccccc2C(=O)OC)n1-n1cccc1. The number of methoxy groups -OCH3 is 1. The lowest BCUT2D eigenvalue weighted by atomic mass is 10.2. The number of carbonyl (C=O) groups excluding carboxylic acids is 2. The molecule has 1 N–H and O–H groups in total. The number of rotatable bonds is 8. The summed E-state index contributed by atoms with van der Waals surface area (Å²) in [7, 11) is 1.30. The Morgan fingerprint density at radius 1 is 1.14 bits per heavy atom. The Labute approximate surface area is 166 Å². The third kappa shape index (κ3) is 4.42. The molecule has 3 aromatic rings. The molecule has 0 aliphatic rings. The Balaban J connectivity index is 1.72. The van der Waals surface area contributed by atoms with E-state index in [0.717, 1.165) is 18.7 Å². The van der Waals surface area contributed by atoms with Crippen molar-refractivity contribution in [1.29, 1.82) is 0 Å². The molecule has 8 nitrogen and oxygen atoms in total. The van der Waals surface area contributed by atoms with E-state index in [0.29, 0.717) is 16.4 Å². The van der Waals surface area contributed by atoms with E-state index in [9.17, 15) is 9.59 Å². The largest absolute Gasteiger partial charge is 0.465 e.